The molecule has 0 radical (unpaired) electrons. The number of aryl methyl sites for hydroxylation is 2. The molecule has 1 aromatic carbocycles. The van der Waals surface area contributed by atoms with Gasteiger partial charge in [0.25, 0.3) is 5.56 Å². The van der Waals surface area contributed by atoms with Gasteiger partial charge in [-0.05, 0) is 48.9 Å². The van der Waals surface area contributed by atoms with Crippen molar-refractivity contribution in [3.63, 3.8) is 0 Å². The summed E-state index contributed by atoms with van der Waals surface area (Å²) in [5.74, 6) is -0.753. The number of rotatable bonds is 1. The number of aromatic nitrogens is 2. The van der Waals surface area contributed by atoms with E-state index in [1.807, 2.05) is 40.7 Å². The molecule has 180 valence electrons. The molecular formula is C27H31FN2O4. The van der Waals surface area contributed by atoms with Gasteiger partial charge in [-0.25, -0.2) is 14.2 Å². The van der Waals surface area contributed by atoms with Crippen LogP contribution in [0, 0.1) is 12.7 Å². The fraction of sp³-hybridized carbons (Fsp3) is 0.444. The molecule has 0 amide bonds. The van der Waals surface area contributed by atoms with Crippen molar-refractivity contribution in [3.8, 4) is 11.4 Å². The zero-order chi connectivity index (χ0) is 24.7. The van der Waals surface area contributed by atoms with Gasteiger partial charge in [-0.1, -0.05) is 27.7 Å². The Kier molecular flexibility index (Phi) is 6.58. The number of benzene rings is 1. The standard InChI is InChI=1S/C23H19FN2O4.2C2H6/c1-10-11-4-3-5-12-14-8-26-18(20(14)25-17(19(11)12)7-16(10)24)6-13-15(22(26)27)9-30-23(28)21(13)29-2;2*1-2/h6-7,21H,3-5,8-9H2,1-2H3;2*1-2H3. The highest BCUT2D eigenvalue weighted by molar-refractivity contribution is 5.92. The van der Waals surface area contributed by atoms with Crippen molar-refractivity contribution >= 4 is 16.9 Å². The Bertz CT molecular complexity index is 1360. The summed E-state index contributed by atoms with van der Waals surface area (Å²) in [6, 6.07) is 3.31. The van der Waals surface area contributed by atoms with Crippen LogP contribution in [0.3, 0.4) is 0 Å². The van der Waals surface area contributed by atoms with Crippen LogP contribution < -0.4 is 5.56 Å². The van der Waals surface area contributed by atoms with Gasteiger partial charge in [-0.2, -0.15) is 0 Å². The second kappa shape index (κ2) is 9.29. The van der Waals surface area contributed by atoms with Crippen molar-refractivity contribution in [3.05, 3.63) is 61.7 Å². The number of nitrogens with zero attached hydrogens (tertiary/aromatic N) is 2. The Morgan fingerprint density at radius 3 is 2.47 bits per heavy atom. The summed E-state index contributed by atoms with van der Waals surface area (Å²) in [6.45, 7) is 10.2. The maximum absolute atomic E-state index is 14.6. The number of methoxy groups -OCH3 is 1. The van der Waals surface area contributed by atoms with Crippen LogP contribution in [0.25, 0.3) is 22.3 Å². The zero-order valence-electron chi connectivity index (χ0n) is 20.7. The molecule has 0 bridgehead atoms. The highest BCUT2D eigenvalue weighted by Gasteiger charge is 2.36. The monoisotopic (exact) mass is 466 g/mol. The quantitative estimate of drug-likeness (QED) is 0.363. The van der Waals surface area contributed by atoms with Crippen molar-refractivity contribution in [1.29, 1.82) is 0 Å². The fourth-order valence-corrected chi connectivity index (χ4v) is 5.27. The van der Waals surface area contributed by atoms with E-state index in [-0.39, 0.29) is 18.0 Å². The van der Waals surface area contributed by atoms with Gasteiger partial charge in [0.2, 0.25) is 0 Å². The molecule has 0 saturated carbocycles. The van der Waals surface area contributed by atoms with Crippen molar-refractivity contribution in [1.82, 2.24) is 9.55 Å². The van der Waals surface area contributed by atoms with Crippen LogP contribution in [0.15, 0.2) is 16.9 Å². The zero-order valence-corrected chi connectivity index (χ0v) is 20.7. The number of hydrogen-bond acceptors (Lipinski definition) is 5. The third-order valence-electron chi connectivity index (χ3n) is 6.75. The van der Waals surface area contributed by atoms with Gasteiger partial charge in [0, 0.05) is 29.7 Å². The minimum absolute atomic E-state index is 0.0553. The van der Waals surface area contributed by atoms with Crippen molar-refractivity contribution in [2.45, 2.75) is 73.1 Å². The molecule has 7 heteroatoms. The maximum Gasteiger partial charge on any atom is 0.340 e. The molecule has 2 aliphatic heterocycles. The van der Waals surface area contributed by atoms with Crippen LogP contribution in [0.4, 0.5) is 4.39 Å². The number of carbonyl (C=O) groups is 1. The normalized spacial score (nSPS) is 16.9. The molecule has 3 aromatic rings. The smallest absolute Gasteiger partial charge is 0.340 e. The van der Waals surface area contributed by atoms with E-state index < -0.39 is 12.1 Å². The van der Waals surface area contributed by atoms with Crippen molar-refractivity contribution in [2.75, 3.05) is 7.11 Å². The summed E-state index contributed by atoms with van der Waals surface area (Å²) in [5, 5.41) is 1.04. The summed E-state index contributed by atoms with van der Waals surface area (Å²) < 4.78 is 26.7. The Labute approximate surface area is 198 Å². The van der Waals surface area contributed by atoms with Gasteiger partial charge < -0.3 is 14.0 Å². The van der Waals surface area contributed by atoms with Crippen molar-refractivity contribution in [2.24, 2.45) is 0 Å². The van der Waals surface area contributed by atoms with Crippen LogP contribution in [-0.2, 0) is 40.3 Å². The predicted octanol–water partition coefficient (Wildman–Crippen LogP) is 5.16. The summed E-state index contributed by atoms with van der Waals surface area (Å²) in [5.41, 5.74) is 6.66. The van der Waals surface area contributed by atoms with Gasteiger partial charge in [-0.3, -0.25) is 4.79 Å². The Hall–Kier alpha value is -3.06. The van der Waals surface area contributed by atoms with Crippen LogP contribution in [-0.4, -0.2) is 22.6 Å². The first-order valence-electron chi connectivity index (χ1n) is 12.1. The molecule has 1 atom stereocenters. The second-order valence-corrected chi connectivity index (χ2v) is 8.21. The maximum atomic E-state index is 14.6. The lowest BCUT2D eigenvalue weighted by molar-refractivity contribution is -0.159. The predicted molar refractivity (Wildman–Crippen MR) is 130 cm³/mol. The highest BCUT2D eigenvalue weighted by atomic mass is 19.1. The number of pyridine rings is 2. The number of carbonyl (C=O) groups excluding carboxylic acids is 1. The first-order valence-corrected chi connectivity index (χ1v) is 12.1. The van der Waals surface area contributed by atoms with Crippen LogP contribution in [0.1, 0.15) is 73.6 Å². The average Bonchev–Trinajstić information content (AvgIpc) is 3.24. The second-order valence-electron chi connectivity index (χ2n) is 8.21. The minimum atomic E-state index is -0.929. The summed E-state index contributed by atoms with van der Waals surface area (Å²) in [7, 11) is 1.42. The molecule has 1 unspecified atom stereocenters. The lowest BCUT2D eigenvalue weighted by Gasteiger charge is -2.24. The van der Waals surface area contributed by atoms with Crippen LogP contribution >= 0.6 is 0 Å². The van der Waals surface area contributed by atoms with Gasteiger partial charge in [0.05, 0.1) is 29.0 Å². The summed E-state index contributed by atoms with van der Waals surface area (Å²) >= 11 is 0. The molecule has 3 aliphatic rings. The molecule has 0 saturated heterocycles. The first-order chi connectivity index (χ1) is 16.5. The minimum Gasteiger partial charge on any atom is -0.458 e. The molecule has 34 heavy (non-hydrogen) atoms. The van der Waals surface area contributed by atoms with E-state index in [2.05, 4.69) is 0 Å². The van der Waals surface area contributed by atoms with Crippen LogP contribution in [0.2, 0.25) is 0 Å². The molecule has 0 spiro atoms. The fourth-order valence-electron chi connectivity index (χ4n) is 5.27. The summed E-state index contributed by atoms with van der Waals surface area (Å²) in [6.07, 6.45) is 1.73. The van der Waals surface area contributed by atoms with E-state index in [0.717, 1.165) is 41.3 Å². The lowest BCUT2D eigenvalue weighted by Crippen LogP contribution is -2.33. The van der Waals surface area contributed by atoms with E-state index >= 15 is 0 Å². The molecule has 0 fully saturated rings. The molecule has 0 N–H and O–H groups in total. The van der Waals surface area contributed by atoms with E-state index in [4.69, 9.17) is 14.5 Å². The number of halogens is 1. The number of esters is 1. The van der Waals surface area contributed by atoms with Crippen molar-refractivity contribution < 1.29 is 18.7 Å². The molecule has 2 aromatic heterocycles. The average molecular weight is 467 g/mol. The number of hydrogen-bond donors (Lipinski definition) is 0. The number of cyclic esters (lactones) is 1. The SMILES string of the molecule is CC.CC.COC1C(=O)OCc2c1cc1n(c2=O)Cc2c-1nc1cc(F)c(C)c3c1c2CCC3. The molecular weight excluding hydrogens is 435 g/mol. The van der Waals surface area contributed by atoms with Gasteiger partial charge in [0.15, 0.2) is 6.10 Å². The van der Waals surface area contributed by atoms with E-state index in [0.29, 0.717) is 40.1 Å². The molecule has 4 heterocycles. The Morgan fingerprint density at radius 2 is 1.76 bits per heavy atom. The highest BCUT2D eigenvalue weighted by Crippen LogP contribution is 2.42. The van der Waals surface area contributed by atoms with Crippen LogP contribution in [0.5, 0.6) is 0 Å². The Morgan fingerprint density at radius 1 is 1.06 bits per heavy atom. The number of ether oxygens (including phenoxy) is 2. The lowest BCUT2D eigenvalue weighted by atomic mass is 9.85. The largest absolute Gasteiger partial charge is 0.458 e. The van der Waals surface area contributed by atoms with Gasteiger partial charge in [-0.15, -0.1) is 0 Å². The summed E-state index contributed by atoms with van der Waals surface area (Å²) in [4.78, 5) is 30.2. The van der Waals surface area contributed by atoms with Gasteiger partial charge in [0.1, 0.15) is 12.4 Å². The van der Waals surface area contributed by atoms with E-state index in [1.54, 1.807) is 4.57 Å². The van der Waals surface area contributed by atoms with E-state index in [1.165, 1.54) is 13.2 Å². The Balaban J connectivity index is 0.000000652. The molecule has 1 aliphatic carbocycles. The van der Waals surface area contributed by atoms with E-state index in [9.17, 15) is 14.0 Å². The molecule has 6 nitrogen and oxygen atoms in total. The first kappa shape index (κ1) is 24.1. The molecule has 6 rings (SSSR count). The topological polar surface area (TPSA) is 70.4 Å². The third kappa shape index (κ3) is 3.36. The third-order valence-corrected chi connectivity index (χ3v) is 6.75. The number of fused-ring (bicyclic) bond motifs is 5. The van der Waals surface area contributed by atoms with Gasteiger partial charge >= 0.3 is 5.97 Å².